The second-order valence-corrected chi connectivity index (χ2v) is 6.25. The van der Waals surface area contributed by atoms with Crippen molar-refractivity contribution in [3.63, 3.8) is 0 Å². The smallest absolute Gasteiger partial charge is 0.320 e. The van der Waals surface area contributed by atoms with Crippen LogP contribution in [-0.2, 0) is 9.84 Å². The van der Waals surface area contributed by atoms with Gasteiger partial charge in [0.15, 0.2) is 15.7 Å². The molecule has 1 aliphatic rings. The van der Waals surface area contributed by atoms with Crippen molar-refractivity contribution in [1.29, 1.82) is 0 Å². The summed E-state index contributed by atoms with van der Waals surface area (Å²) < 4.78 is 27.2. The molecule has 1 aromatic rings. The Morgan fingerprint density at radius 2 is 2.35 bits per heavy atom. The molecule has 2 rings (SSSR count). The Balaban J connectivity index is 1.86. The van der Waals surface area contributed by atoms with Gasteiger partial charge < -0.3 is 9.84 Å². The van der Waals surface area contributed by atoms with E-state index >= 15 is 0 Å². The molecule has 0 unspecified atom stereocenters. The molecule has 2 amide bonds. The third-order valence-electron chi connectivity index (χ3n) is 2.44. The first-order chi connectivity index (χ1) is 7.94. The van der Waals surface area contributed by atoms with Crippen molar-refractivity contribution in [3.8, 4) is 0 Å². The SMILES string of the molecule is Cc1cc(NC(=O)N[C@H]2CCS(=O)(=O)C2)no1. The van der Waals surface area contributed by atoms with Gasteiger partial charge in [-0.3, -0.25) is 5.32 Å². The molecule has 1 atom stereocenters. The highest BCUT2D eigenvalue weighted by molar-refractivity contribution is 7.91. The lowest BCUT2D eigenvalue weighted by Crippen LogP contribution is -2.38. The van der Waals surface area contributed by atoms with Gasteiger partial charge in [-0.1, -0.05) is 5.16 Å². The third-order valence-corrected chi connectivity index (χ3v) is 4.21. The molecule has 0 saturated carbocycles. The van der Waals surface area contributed by atoms with Gasteiger partial charge in [0.1, 0.15) is 5.76 Å². The second-order valence-electron chi connectivity index (χ2n) is 4.02. The molecule has 94 valence electrons. The van der Waals surface area contributed by atoms with E-state index in [4.69, 9.17) is 4.52 Å². The molecule has 0 aromatic carbocycles. The molecule has 1 aromatic heterocycles. The average molecular weight is 259 g/mol. The zero-order valence-electron chi connectivity index (χ0n) is 9.26. The molecule has 1 saturated heterocycles. The van der Waals surface area contributed by atoms with Crippen LogP contribution in [0.5, 0.6) is 0 Å². The molecule has 0 spiro atoms. The highest BCUT2D eigenvalue weighted by Crippen LogP contribution is 2.12. The van der Waals surface area contributed by atoms with E-state index in [9.17, 15) is 13.2 Å². The van der Waals surface area contributed by atoms with E-state index in [1.54, 1.807) is 13.0 Å². The number of carbonyl (C=O) groups excluding carboxylic acids is 1. The van der Waals surface area contributed by atoms with Crippen LogP contribution in [0.15, 0.2) is 10.6 Å². The van der Waals surface area contributed by atoms with Crippen LogP contribution in [-0.4, -0.2) is 37.2 Å². The van der Waals surface area contributed by atoms with E-state index in [1.807, 2.05) is 0 Å². The summed E-state index contributed by atoms with van der Waals surface area (Å²) in [7, 11) is -2.99. The van der Waals surface area contributed by atoms with Crippen LogP contribution < -0.4 is 10.6 Å². The largest absolute Gasteiger partial charge is 0.360 e. The number of nitrogens with zero attached hydrogens (tertiary/aromatic N) is 1. The van der Waals surface area contributed by atoms with Gasteiger partial charge in [-0.05, 0) is 13.3 Å². The summed E-state index contributed by atoms with van der Waals surface area (Å²) in [6.07, 6.45) is 0.452. The third kappa shape index (κ3) is 3.19. The minimum absolute atomic E-state index is 0.00172. The van der Waals surface area contributed by atoms with E-state index in [0.717, 1.165) is 0 Å². The first kappa shape index (κ1) is 11.9. The Morgan fingerprint density at radius 1 is 1.59 bits per heavy atom. The summed E-state index contributed by atoms with van der Waals surface area (Å²) in [6, 6.07) is 0.777. The van der Waals surface area contributed by atoms with E-state index in [0.29, 0.717) is 18.0 Å². The van der Waals surface area contributed by atoms with Crippen molar-refractivity contribution in [3.05, 3.63) is 11.8 Å². The lowest BCUT2D eigenvalue weighted by atomic mass is 10.3. The topological polar surface area (TPSA) is 101 Å². The normalized spacial score (nSPS) is 22.3. The van der Waals surface area contributed by atoms with Crippen LogP contribution in [0.4, 0.5) is 10.6 Å². The summed E-state index contributed by atoms with van der Waals surface area (Å²) in [5.41, 5.74) is 0. The van der Waals surface area contributed by atoms with Gasteiger partial charge in [0.2, 0.25) is 0 Å². The summed E-state index contributed by atoms with van der Waals surface area (Å²) in [5, 5.41) is 8.64. The molecule has 1 aliphatic heterocycles. The minimum atomic E-state index is -2.99. The van der Waals surface area contributed by atoms with Gasteiger partial charge >= 0.3 is 6.03 Å². The Labute approximate surface area is 98.5 Å². The molecule has 0 aliphatic carbocycles. The fourth-order valence-electron chi connectivity index (χ4n) is 1.67. The number of aromatic nitrogens is 1. The van der Waals surface area contributed by atoms with Crippen LogP contribution >= 0.6 is 0 Å². The highest BCUT2D eigenvalue weighted by Gasteiger charge is 2.28. The van der Waals surface area contributed by atoms with Gasteiger partial charge in [-0.2, -0.15) is 0 Å². The number of sulfone groups is 1. The zero-order valence-corrected chi connectivity index (χ0v) is 10.1. The van der Waals surface area contributed by atoms with Gasteiger partial charge in [0, 0.05) is 12.1 Å². The lowest BCUT2D eigenvalue weighted by Gasteiger charge is -2.10. The van der Waals surface area contributed by atoms with Crippen molar-refractivity contribution in [2.45, 2.75) is 19.4 Å². The molecule has 2 heterocycles. The summed E-state index contributed by atoms with van der Waals surface area (Å²) >= 11 is 0. The molecular formula is C9H13N3O4S. The highest BCUT2D eigenvalue weighted by atomic mass is 32.2. The number of rotatable bonds is 2. The maximum Gasteiger partial charge on any atom is 0.320 e. The second kappa shape index (κ2) is 4.36. The molecule has 0 radical (unpaired) electrons. The summed E-state index contributed by atoms with van der Waals surface area (Å²) in [6.45, 7) is 1.71. The standard InChI is InChI=1S/C9H13N3O4S/c1-6-4-8(12-16-6)11-9(13)10-7-2-3-17(14,15)5-7/h4,7H,2-3,5H2,1H3,(H2,10,11,12,13)/t7-/m0/s1. The molecule has 2 N–H and O–H groups in total. The summed E-state index contributed by atoms with van der Waals surface area (Å²) in [4.78, 5) is 11.5. The Kier molecular flexibility index (Phi) is 3.05. The first-order valence-corrected chi connectivity index (χ1v) is 6.98. The number of carbonyl (C=O) groups is 1. The van der Waals surface area contributed by atoms with E-state index in [2.05, 4.69) is 15.8 Å². The lowest BCUT2D eigenvalue weighted by molar-refractivity contribution is 0.249. The van der Waals surface area contributed by atoms with Crippen molar-refractivity contribution in [2.75, 3.05) is 16.8 Å². The number of anilines is 1. The van der Waals surface area contributed by atoms with Gasteiger partial charge in [0.05, 0.1) is 11.5 Å². The van der Waals surface area contributed by atoms with Crippen molar-refractivity contribution in [1.82, 2.24) is 10.5 Å². The Bertz CT molecular complexity index is 522. The first-order valence-electron chi connectivity index (χ1n) is 5.16. The fraction of sp³-hybridized carbons (Fsp3) is 0.556. The predicted octanol–water partition coefficient (Wildman–Crippen LogP) is 0.292. The number of nitrogens with one attached hydrogen (secondary N) is 2. The van der Waals surface area contributed by atoms with E-state index < -0.39 is 15.9 Å². The monoisotopic (exact) mass is 259 g/mol. The van der Waals surface area contributed by atoms with Crippen LogP contribution in [0.1, 0.15) is 12.2 Å². The Hall–Kier alpha value is -1.57. The Morgan fingerprint density at radius 3 is 2.88 bits per heavy atom. The fourth-order valence-corrected chi connectivity index (χ4v) is 3.35. The number of hydrogen-bond acceptors (Lipinski definition) is 5. The van der Waals surface area contributed by atoms with Crippen LogP contribution in [0.25, 0.3) is 0 Å². The van der Waals surface area contributed by atoms with Crippen LogP contribution in [0.3, 0.4) is 0 Å². The molecular weight excluding hydrogens is 246 g/mol. The zero-order chi connectivity index (χ0) is 12.5. The van der Waals surface area contributed by atoms with Crippen molar-refractivity contribution < 1.29 is 17.7 Å². The predicted molar refractivity (Wildman–Crippen MR) is 60.5 cm³/mol. The average Bonchev–Trinajstić information content (AvgIpc) is 2.73. The summed E-state index contributed by atoms with van der Waals surface area (Å²) in [5.74, 6) is 1.02. The van der Waals surface area contributed by atoms with E-state index in [-0.39, 0.29) is 17.5 Å². The van der Waals surface area contributed by atoms with E-state index in [1.165, 1.54) is 0 Å². The molecule has 8 heteroatoms. The van der Waals surface area contributed by atoms with Crippen molar-refractivity contribution in [2.24, 2.45) is 0 Å². The molecule has 0 bridgehead atoms. The minimum Gasteiger partial charge on any atom is -0.360 e. The molecule has 7 nitrogen and oxygen atoms in total. The number of urea groups is 1. The van der Waals surface area contributed by atoms with Crippen LogP contribution in [0, 0.1) is 6.92 Å². The van der Waals surface area contributed by atoms with Gasteiger partial charge in [0.25, 0.3) is 0 Å². The molecule has 17 heavy (non-hydrogen) atoms. The number of amides is 2. The van der Waals surface area contributed by atoms with Crippen LogP contribution in [0.2, 0.25) is 0 Å². The number of aryl methyl sites for hydroxylation is 1. The maximum atomic E-state index is 11.5. The molecule has 1 fully saturated rings. The van der Waals surface area contributed by atoms with Gasteiger partial charge in [-0.25, -0.2) is 13.2 Å². The van der Waals surface area contributed by atoms with Crippen molar-refractivity contribution >= 4 is 21.7 Å². The number of hydrogen-bond donors (Lipinski definition) is 2. The quantitative estimate of drug-likeness (QED) is 0.795. The maximum absolute atomic E-state index is 11.5. The van der Waals surface area contributed by atoms with Gasteiger partial charge in [-0.15, -0.1) is 0 Å².